The Hall–Kier alpha value is -2.64. The smallest absolute Gasteiger partial charge is 0.334 e. The van der Waals surface area contributed by atoms with Crippen molar-refractivity contribution >= 4 is 17.6 Å². The van der Waals surface area contributed by atoms with Gasteiger partial charge < -0.3 is 5.73 Å². The summed E-state index contributed by atoms with van der Waals surface area (Å²) in [7, 11) is 0. The van der Waals surface area contributed by atoms with Crippen LogP contribution in [0.5, 0.6) is 0 Å². The number of nitro benzene ring substituents is 1. The van der Waals surface area contributed by atoms with Crippen LogP contribution in [0.3, 0.4) is 0 Å². The van der Waals surface area contributed by atoms with Gasteiger partial charge in [0.25, 0.3) is 11.6 Å². The number of nitrogens with zero attached hydrogens (tertiary/aromatic N) is 2. The lowest BCUT2D eigenvalue weighted by molar-refractivity contribution is -0.385. The highest BCUT2D eigenvalue weighted by Gasteiger charge is 2.55. The number of benzene rings is 1. The fourth-order valence-corrected chi connectivity index (χ4v) is 5.86. The van der Waals surface area contributed by atoms with Crippen LogP contribution in [0.15, 0.2) is 18.2 Å². The molecule has 0 saturated heterocycles. The molecule has 0 unspecified atom stereocenters. The minimum Gasteiger partial charge on any atom is -0.350 e. The summed E-state index contributed by atoms with van der Waals surface area (Å²) in [5.41, 5.74) is 8.40. The fourth-order valence-electron chi connectivity index (χ4n) is 5.86. The summed E-state index contributed by atoms with van der Waals surface area (Å²) in [5, 5.41) is 12.5. The van der Waals surface area contributed by atoms with Crippen LogP contribution in [0.25, 0.3) is 0 Å². The summed E-state index contributed by atoms with van der Waals surface area (Å²) in [4.78, 5) is 35.6. The van der Waals surface area contributed by atoms with Crippen molar-refractivity contribution in [3.05, 3.63) is 39.4 Å². The standard InChI is InChI=1S/C19H24N4O4/c1-11-2-3-15(7-16(11)23(26)27)17(24)21-22(18(20)25)19-8-12-4-13(9-19)6-14(5-12)10-19/h2-3,7,12-14H,4-6,8-10H2,1H3,(H2,20,25)(H,21,24). The van der Waals surface area contributed by atoms with Crippen molar-refractivity contribution < 1.29 is 14.5 Å². The summed E-state index contributed by atoms with van der Waals surface area (Å²) in [5.74, 6) is 1.19. The molecule has 1 aromatic rings. The Morgan fingerprint density at radius 2 is 1.74 bits per heavy atom. The zero-order chi connectivity index (χ0) is 19.3. The molecule has 3 N–H and O–H groups in total. The summed E-state index contributed by atoms with van der Waals surface area (Å²) >= 11 is 0. The van der Waals surface area contributed by atoms with Gasteiger partial charge in [0, 0.05) is 17.2 Å². The molecule has 0 heterocycles. The molecule has 27 heavy (non-hydrogen) atoms. The SMILES string of the molecule is Cc1ccc(C(=O)NN(C(N)=O)C23CC4CC(CC(C4)C2)C3)cc1[N+](=O)[O-]. The number of carbonyl (C=O) groups is 2. The Balaban J connectivity index is 1.59. The molecule has 5 rings (SSSR count). The molecule has 3 amide bonds. The van der Waals surface area contributed by atoms with E-state index in [4.69, 9.17) is 5.73 Å². The maximum atomic E-state index is 12.8. The summed E-state index contributed by atoms with van der Waals surface area (Å²) in [6.45, 7) is 1.62. The third-order valence-corrected chi connectivity index (χ3v) is 6.58. The van der Waals surface area contributed by atoms with Crippen molar-refractivity contribution in [2.75, 3.05) is 0 Å². The van der Waals surface area contributed by atoms with E-state index in [9.17, 15) is 19.7 Å². The molecular formula is C19H24N4O4. The topological polar surface area (TPSA) is 119 Å². The average molecular weight is 372 g/mol. The van der Waals surface area contributed by atoms with Crippen LogP contribution < -0.4 is 11.2 Å². The number of hydrazine groups is 1. The van der Waals surface area contributed by atoms with Crippen molar-refractivity contribution in [1.82, 2.24) is 10.4 Å². The molecule has 4 bridgehead atoms. The Morgan fingerprint density at radius 1 is 1.19 bits per heavy atom. The number of nitrogens with one attached hydrogen (secondary N) is 1. The van der Waals surface area contributed by atoms with E-state index in [1.165, 1.54) is 42.5 Å². The van der Waals surface area contributed by atoms with Crippen LogP contribution in [-0.4, -0.2) is 27.4 Å². The highest BCUT2D eigenvalue weighted by molar-refractivity contribution is 5.96. The van der Waals surface area contributed by atoms with Gasteiger partial charge in [-0.25, -0.2) is 9.80 Å². The molecule has 8 nitrogen and oxygen atoms in total. The Morgan fingerprint density at radius 3 is 2.22 bits per heavy atom. The lowest BCUT2D eigenvalue weighted by atomic mass is 9.53. The van der Waals surface area contributed by atoms with Gasteiger partial charge in [0.15, 0.2) is 0 Å². The van der Waals surface area contributed by atoms with E-state index >= 15 is 0 Å². The number of hydrogen-bond acceptors (Lipinski definition) is 4. The van der Waals surface area contributed by atoms with E-state index in [0.29, 0.717) is 23.3 Å². The number of urea groups is 1. The first kappa shape index (κ1) is 17.8. The first-order valence-electron chi connectivity index (χ1n) is 9.43. The monoisotopic (exact) mass is 372 g/mol. The van der Waals surface area contributed by atoms with Gasteiger partial charge in [-0.05, 0) is 69.3 Å². The summed E-state index contributed by atoms with van der Waals surface area (Å²) in [6.07, 6.45) is 6.17. The lowest BCUT2D eigenvalue weighted by Crippen LogP contribution is -2.67. The number of carbonyl (C=O) groups excluding carboxylic acids is 2. The van der Waals surface area contributed by atoms with Crippen molar-refractivity contribution in [2.45, 2.75) is 51.0 Å². The first-order chi connectivity index (χ1) is 12.8. The van der Waals surface area contributed by atoms with Gasteiger partial charge >= 0.3 is 6.03 Å². The van der Waals surface area contributed by atoms with Gasteiger partial charge in [-0.2, -0.15) is 0 Å². The zero-order valence-corrected chi connectivity index (χ0v) is 15.3. The van der Waals surface area contributed by atoms with Gasteiger partial charge in [-0.1, -0.05) is 6.07 Å². The number of amides is 3. The molecule has 1 aromatic carbocycles. The third kappa shape index (κ3) is 3.02. The molecule has 144 valence electrons. The quantitative estimate of drug-likeness (QED) is 0.626. The molecule has 0 radical (unpaired) electrons. The van der Waals surface area contributed by atoms with Crippen molar-refractivity contribution in [2.24, 2.45) is 23.5 Å². The van der Waals surface area contributed by atoms with E-state index in [1.54, 1.807) is 6.92 Å². The van der Waals surface area contributed by atoms with Gasteiger partial charge in [0.05, 0.1) is 10.5 Å². The minimum atomic E-state index is -0.674. The normalized spacial score (nSPS) is 30.8. The van der Waals surface area contributed by atoms with Crippen molar-refractivity contribution in [3.8, 4) is 0 Å². The largest absolute Gasteiger partial charge is 0.350 e. The molecule has 4 aliphatic carbocycles. The molecule has 0 aromatic heterocycles. The maximum absolute atomic E-state index is 12.8. The van der Waals surface area contributed by atoms with E-state index in [2.05, 4.69) is 5.43 Å². The van der Waals surface area contributed by atoms with E-state index in [-0.39, 0.29) is 11.3 Å². The average Bonchev–Trinajstić information content (AvgIpc) is 2.58. The molecule has 0 spiro atoms. The van der Waals surface area contributed by atoms with Crippen molar-refractivity contribution in [3.63, 3.8) is 0 Å². The van der Waals surface area contributed by atoms with Crippen LogP contribution >= 0.6 is 0 Å². The van der Waals surface area contributed by atoms with Crippen LogP contribution in [-0.2, 0) is 0 Å². The second-order valence-electron chi connectivity index (χ2n) is 8.51. The van der Waals surface area contributed by atoms with E-state index < -0.39 is 22.4 Å². The van der Waals surface area contributed by atoms with Crippen LogP contribution in [0.1, 0.15) is 54.4 Å². The number of hydrogen-bond donors (Lipinski definition) is 2. The van der Waals surface area contributed by atoms with Crippen LogP contribution in [0.4, 0.5) is 10.5 Å². The number of nitro groups is 1. The molecule has 0 aliphatic heterocycles. The van der Waals surface area contributed by atoms with E-state index in [0.717, 1.165) is 19.3 Å². The minimum absolute atomic E-state index is 0.122. The number of primary amides is 1. The maximum Gasteiger partial charge on any atom is 0.334 e. The van der Waals surface area contributed by atoms with Gasteiger partial charge in [-0.15, -0.1) is 0 Å². The zero-order valence-electron chi connectivity index (χ0n) is 15.3. The van der Waals surface area contributed by atoms with Crippen LogP contribution in [0, 0.1) is 34.8 Å². The third-order valence-electron chi connectivity index (χ3n) is 6.58. The first-order valence-corrected chi connectivity index (χ1v) is 9.43. The molecule has 4 saturated carbocycles. The number of nitrogens with two attached hydrogens (primary N) is 1. The predicted octanol–water partition coefficient (Wildman–Crippen LogP) is 2.90. The van der Waals surface area contributed by atoms with Crippen molar-refractivity contribution in [1.29, 1.82) is 0 Å². The lowest BCUT2D eigenvalue weighted by Gasteiger charge is -2.59. The van der Waals surface area contributed by atoms with Gasteiger partial charge in [0.2, 0.25) is 0 Å². The molecule has 0 atom stereocenters. The predicted molar refractivity (Wildman–Crippen MR) is 97.6 cm³/mol. The molecule has 4 aliphatic rings. The molecule has 8 heteroatoms. The highest BCUT2D eigenvalue weighted by Crippen LogP contribution is 2.57. The van der Waals surface area contributed by atoms with E-state index in [1.807, 2.05) is 0 Å². The fraction of sp³-hybridized carbons (Fsp3) is 0.579. The molecule has 4 fully saturated rings. The highest BCUT2D eigenvalue weighted by atomic mass is 16.6. The summed E-state index contributed by atoms with van der Waals surface area (Å²) in [6, 6.07) is 3.62. The Kier molecular flexibility index (Phi) is 4.09. The second kappa shape index (κ2) is 6.21. The number of rotatable bonds is 3. The van der Waals surface area contributed by atoms with Gasteiger partial charge in [-0.3, -0.25) is 20.3 Å². The molecular weight excluding hydrogens is 348 g/mol. The van der Waals surface area contributed by atoms with Gasteiger partial charge in [0.1, 0.15) is 0 Å². The Labute approximate surface area is 157 Å². The second-order valence-corrected chi connectivity index (χ2v) is 8.51. The van der Waals surface area contributed by atoms with Crippen LogP contribution in [0.2, 0.25) is 0 Å². The number of aryl methyl sites for hydroxylation is 1. The summed E-state index contributed by atoms with van der Waals surface area (Å²) < 4.78 is 0. The Bertz CT molecular complexity index is 787.